The Morgan fingerprint density at radius 2 is 1.76 bits per heavy atom. The number of methoxy groups -OCH3 is 1. The van der Waals surface area contributed by atoms with Crippen LogP contribution in [0.25, 0.3) is 0 Å². The van der Waals surface area contributed by atoms with E-state index in [0.717, 1.165) is 50.2 Å². The number of likely N-dealkylation sites (tertiary alicyclic amines) is 1. The minimum atomic E-state index is -0.622. The monoisotopic (exact) mass is 467 g/mol. The van der Waals surface area contributed by atoms with Crippen LogP contribution in [0, 0.1) is 5.92 Å². The third kappa shape index (κ3) is 7.76. The van der Waals surface area contributed by atoms with Gasteiger partial charge in [0.15, 0.2) is 0 Å². The number of hydrogen-bond donors (Lipinski definition) is 2. The molecule has 0 saturated carbocycles. The van der Waals surface area contributed by atoms with Crippen molar-refractivity contribution in [3.05, 3.63) is 65.7 Å². The van der Waals surface area contributed by atoms with Crippen molar-refractivity contribution in [1.29, 1.82) is 0 Å². The van der Waals surface area contributed by atoms with Gasteiger partial charge in [-0.3, -0.25) is 9.69 Å². The van der Waals surface area contributed by atoms with E-state index in [2.05, 4.69) is 27.7 Å². The lowest BCUT2D eigenvalue weighted by atomic mass is 9.97. The summed E-state index contributed by atoms with van der Waals surface area (Å²) in [6.07, 6.45) is 1.95. The van der Waals surface area contributed by atoms with E-state index in [0.29, 0.717) is 0 Å². The number of carbonyl (C=O) groups excluding carboxylic acids is 2. The maximum Gasteiger partial charge on any atom is 0.408 e. The second-order valence-electron chi connectivity index (χ2n) is 8.98. The molecule has 34 heavy (non-hydrogen) atoms. The van der Waals surface area contributed by atoms with Crippen LogP contribution in [0.5, 0.6) is 5.75 Å². The van der Waals surface area contributed by atoms with E-state index < -0.39 is 12.1 Å². The van der Waals surface area contributed by atoms with Crippen molar-refractivity contribution in [3.8, 4) is 5.75 Å². The van der Waals surface area contributed by atoms with Crippen LogP contribution < -0.4 is 15.4 Å². The summed E-state index contributed by atoms with van der Waals surface area (Å²) in [5.41, 5.74) is 2.12. The van der Waals surface area contributed by atoms with E-state index >= 15 is 0 Å². The zero-order valence-corrected chi connectivity index (χ0v) is 20.5. The Bertz CT molecular complexity index is 913. The normalized spacial score (nSPS) is 16.3. The zero-order valence-electron chi connectivity index (χ0n) is 20.5. The van der Waals surface area contributed by atoms with Crippen molar-refractivity contribution in [1.82, 2.24) is 15.5 Å². The summed E-state index contributed by atoms with van der Waals surface area (Å²) in [7, 11) is 1.68. The maximum atomic E-state index is 13.1. The summed E-state index contributed by atoms with van der Waals surface area (Å²) in [5.74, 6) is 0.722. The molecule has 1 heterocycles. The van der Waals surface area contributed by atoms with E-state index in [4.69, 9.17) is 9.47 Å². The fraction of sp³-hybridized carbons (Fsp3) is 0.481. The molecule has 0 radical (unpaired) electrons. The lowest BCUT2D eigenvalue weighted by Crippen LogP contribution is -2.54. The first-order valence-corrected chi connectivity index (χ1v) is 12.1. The topological polar surface area (TPSA) is 79.9 Å². The number of ether oxygens (including phenoxy) is 2. The highest BCUT2D eigenvalue weighted by Gasteiger charge is 2.29. The van der Waals surface area contributed by atoms with Gasteiger partial charge < -0.3 is 20.1 Å². The molecule has 2 aromatic rings. The van der Waals surface area contributed by atoms with Gasteiger partial charge >= 0.3 is 6.09 Å². The molecular formula is C27H37N3O4. The minimum absolute atomic E-state index is 0.00238. The zero-order chi connectivity index (χ0) is 24.3. The molecule has 3 rings (SSSR count). The Morgan fingerprint density at radius 1 is 1.06 bits per heavy atom. The fourth-order valence-corrected chi connectivity index (χ4v) is 4.15. The number of benzene rings is 2. The average Bonchev–Trinajstić information content (AvgIpc) is 2.87. The molecule has 1 aliphatic rings. The van der Waals surface area contributed by atoms with E-state index in [1.54, 1.807) is 7.11 Å². The van der Waals surface area contributed by atoms with E-state index in [1.165, 1.54) is 5.56 Å². The van der Waals surface area contributed by atoms with Gasteiger partial charge in [0.2, 0.25) is 5.91 Å². The number of nitrogens with zero attached hydrogens (tertiary/aromatic N) is 1. The highest BCUT2D eigenvalue weighted by molar-refractivity contribution is 5.86. The van der Waals surface area contributed by atoms with Crippen molar-refractivity contribution in [2.24, 2.45) is 5.92 Å². The van der Waals surface area contributed by atoms with Crippen molar-refractivity contribution < 1.29 is 19.1 Å². The average molecular weight is 468 g/mol. The maximum absolute atomic E-state index is 13.1. The first-order chi connectivity index (χ1) is 16.5. The Morgan fingerprint density at radius 3 is 2.44 bits per heavy atom. The fourth-order valence-electron chi connectivity index (χ4n) is 4.15. The minimum Gasteiger partial charge on any atom is -0.497 e. The molecule has 2 aromatic carbocycles. The highest BCUT2D eigenvalue weighted by Crippen LogP contribution is 2.18. The quantitative estimate of drug-likeness (QED) is 0.550. The number of hydrogen-bond acceptors (Lipinski definition) is 5. The predicted octanol–water partition coefficient (Wildman–Crippen LogP) is 4.12. The number of alkyl carbamates (subject to hydrolysis) is 1. The van der Waals surface area contributed by atoms with Crippen LogP contribution in [-0.2, 0) is 22.7 Å². The number of carbonyl (C=O) groups is 2. The van der Waals surface area contributed by atoms with Crippen LogP contribution in [0.2, 0.25) is 0 Å². The second-order valence-corrected chi connectivity index (χ2v) is 8.98. The summed E-state index contributed by atoms with van der Waals surface area (Å²) in [5, 5.41) is 5.94. The van der Waals surface area contributed by atoms with Crippen LogP contribution in [-0.4, -0.2) is 49.2 Å². The van der Waals surface area contributed by atoms with Crippen LogP contribution in [0.15, 0.2) is 54.6 Å². The predicted molar refractivity (Wildman–Crippen MR) is 132 cm³/mol. The molecule has 0 bridgehead atoms. The molecule has 0 aliphatic carbocycles. The lowest BCUT2D eigenvalue weighted by molar-refractivity contribution is -0.125. The van der Waals surface area contributed by atoms with Gasteiger partial charge in [0, 0.05) is 25.7 Å². The first-order valence-electron chi connectivity index (χ1n) is 12.1. The second kappa shape index (κ2) is 13.0. The summed E-state index contributed by atoms with van der Waals surface area (Å²) < 4.78 is 10.7. The SMILES string of the molecule is CC[C@H](C)[C@H](NC(=O)OCc1ccccc1)C(=O)NC1CCN(Cc2cccc(OC)c2)CC1. The Hall–Kier alpha value is -3.06. The lowest BCUT2D eigenvalue weighted by Gasteiger charge is -2.33. The molecule has 2 atom stereocenters. The Kier molecular flexibility index (Phi) is 9.76. The molecule has 0 unspecified atom stereocenters. The standard InChI is InChI=1S/C27H37N3O4/c1-4-20(2)25(29-27(32)34-19-21-9-6-5-7-10-21)26(31)28-23-13-15-30(16-14-23)18-22-11-8-12-24(17-22)33-3/h5-12,17,20,23,25H,4,13-16,18-19H2,1-3H3,(H,28,31)(H,29,32)/t20-,25-/m0/s1. The molecule has 7 heteroatoms. The third-order valence-corrected chi connectivity index (χ3v) is 6.46. The number of nitrogens with one attached hydrogen (secondary N) is 2. The molecule has 1 saturated heterocycles. The van der Waals surface area contributed by atoms with Crippen LogP contribution in [0.3, 0.4) is 0 Å². The van der Waals surface area contributed by atoms with Crippen molar-refractivity contribution >= 4 is 12.0 Å². The van der Waals surface area contributed by atoms with Gasteiger partial charge in [-0.2, -0.15) is 0 Å². The van der Waals surface area contributed by atoms with Crippen LogP contribution in [0.4, 0.5) is 4.79 Å². The number of amides is 2. The summed E-state index contributed by atoms with van der Waals surface area (Å²) in [6.45, 7) is 6.83. The first kappa shape index (κ1) is 25.6. The molecule has 0 spiro atoms. The third-order valence-electron chi connectivity index (χ3n) is 6.46. The van der Waals surface area contributed by atoms with Crippen molar-refractivity contribution in [2.45, 2.75) is 58.3 Å². The van der Waals surface area contributed by atoms with E-state index in [1.807, 2.05) is 56.3 Å². The van der Waals surface area contributed by atoms with Gasteiger partial charge in [-0.25, -0.2) is 4.79 Å². The van der Waals surface area contributed by atoms with Crippen molar-refractivity contribution in [2.75, 3.05) is 20.2 Å². The summed E-state index contributed by atoms with van der Waals surface area (Å²) >= 11 is 0. The van der Waals surface area contributed by atoms with Gasteiger partial charge in [0.1, 0.15) is 18.4 Å². The molecular weight excluding hydrogens is 430 g/mol. The molecule has 1 aliphatic heterocycles. The summed E-state index contributed by atoms with van der Waals surface area (Å²) in [4.78, 5) is 27.8. The number of piperidine rings is 1. The highest BCUT2D eigenvalue weighted by atomic mass is 16.5. The molecule has 184 valence electrons. The Balaban J connectivity index is 1.47. The van der Waals surface area contributed by atoms with Gasteiger partial charge in [-0.1, -0.05) is 62.7 Å². The van der Waals surface area contributed by atoms with Gasteiger partial charge in [0.05, 0.1) is 7.11 Å². The van der Waals surface area contributed by atoms with Crippen molar-refractivity contribution in [3.63, 3.8) is 0 Å². The van der Waals surface area contributed by atoms with E-state index in [-0.39, 0.29) is 24.5 Å². The largest absolute Gasteiger partial charge is 0.497 e. The van der Waals surface area contributed by atoms with E-state index in [9.17, 15) is 9.59 Å². The van der Waals surface area contributed by atoms with Gasteiger partial charge in [0.25, 0.3) is 0 Å². The van der Waals surface area contributed by atoms with Gasteiger partial charge in [-0.15, -0.1) is 0 Å². The summed E-state index contributed by atoms with van der Waals surface area (Å²) in [6, 6.07) is 17.1. The van der Waals surface area contributed by atoms with Gasteiger partial charge in [-0.05, 0) is 42.0 Å². The molecule has 2 amide bonds. The molecule has 0 aromatic heterocycles. The smallest absolute Gasteiger partial charge is 0.408 e. The molecule has 2 N–H and O–H groups in total. The Labute approximate surface area is 202 Å². The van der Waals surface area contributed by atoms with Crippen LogP contribution >= 0.6 is 0 Å². The van der Waals surface area contributed by atoms with Crippen LogP contribution in [0.1, 0.15) is 44.2 Å². The number of rotatable bonds is 10. The molecule has 1 fully saturated rings. The molecule has 7 nitrogen and oxygen atoms in total.